The van der Waals surface area contributed by atoms with Crippen LogP contribution in [0.3, 0.4) is 0 Å². The summed E-state index contributed by atoms with van der Waals surface area (Å²) in [5.74, 6) is 0.920. The van der Waals surface area contributed by atoms with Gasteiger partial charge in [-0.15, -0.1) is 0 Å². The molecule has 0 aromatic heterocycles. The third-order valence-corrected chi connectivity index (χ3v) is 14.7. The van der Waals surface area contributed by atoms with Crippen molar-refractivity contribution in [3.63, 3.8) is 0 Å². The van der Waals surface area contributed by atoms with E-state index in [4.69, 9.17) is 0 Å². The lowest BCUT2D eigenvalue weighted by atomic mass is 9.59. The lowest BCUT2D eigenvalue weighted by molar-refractivity contribution is 0.205. The number of nitrogens with zero attached hydrogens (tertiary/aromatic N) is 2. The van der Waals surface area contributed by atoms with E-state index in [1.165, 1.54) is 98.8 Å². The van der Waals surface area contributed by atoms with Crippen LogP contribution < -0.4 is 9.80 Å². The zero-order valence-electron chi connectivity index (χ0n) is 33.4. The Hall–Kier alpha value is -5.60. The lowest BCUT2D eigenvalue weighted by Crippen LogP contribution is -2.40. The van der Waals surface area contributed by atoms with Crippen LogP contribution in [0, 0.1) is 11.3 Å². The van der Waals surface area contributed by atoms with Gasteiger partial charge in [-0.1, -0.05) is 148 Å². The number of hydrogen-bond donors (Lipinski definition) is 0. The normalized spacial score (nSPS) is 24.0. The Labute approximate surface area is 339 Å². The second kappa shape index (κ2) is 13.5. The molecule has 3 unspecified atom stereocenters. The molecule has 0 saturated heterocycles. The Morgan fingerprint density at radius 2 is 1.21 bits per heavy atom. The minimum Gasteiger partial charge on any atom is -0.314 e. The van der Waals surface area contributed by atoms with Gasteiger partial charge < -0.3 is 9.80 Å². The molecule has 0 bridgehead atoms. The molecule has 1 spiro atoms. The summed E-state index contributed by atoms with van der Waals surface area (Å²) in [4.78, 5) is 5.13. The maximum atomic E-state index is 2.70. The van der Waals surface area contributed by atoms with Crippen molar-refractivity contribution in [2.75, 3.05) is 9.80 Å². The highest BCUT2D eigenvalue weighted by atomic mass is 15.2. The standard InChI is InChI=1S/C55H52N2/c1-38-17-23-44-27-26-41-11-3-6-14-50(41)56(53(44)35-38)45-28-20-39(21-29-45)18-19-40-22-31-47-48-32-30-46(37-54(48,2)55(49(47)36-40)33-9-10-34-55)57-51-15-7-4-12-42(51)24-25-43-13-5-8-16-52(43)57/h3-8,11-23,28-32,36-38,48H,9-10,24-27,33-35H2,1-2H3. The van der Waals surface area contributed by atoms with Gasteiger partial charge >= 0.3 is 0 Å². The fourth-order valence-electron chi connectivity index (χ4n) is 11.8. The van der Waals surface area contributed by atoms with E-state index in [0.717, 1.165) is 32.1 Å². The first-order chi connectivity index (χ1) is 28.0. The van der Waals surface area contributed by atoms with E-state index in [-0.39, 0.29) is 10.8 Å². The number of benzene rings is 5. The Kier molecular flexibility index (Phi) is 8.21. The van der Waals surface area contributed by atoms with Crippen molar-refractivity contribution >= 4 is 34.9 Å². The highest BCUT2D eigenvalue weighted by molar-refractivity contribution is 5.79. The van der Waals surface area contributed by atoms with Crippen LogP contribution in [0.4, 0.5) is 22.7 Å². The monoisotopic (exact) mass is 740 g/mol. The SMILES string of the molecule is CC1C=CC2=C(C1)N(c1ccc(C=Cc3ccc4c(c3)C3(CCCC3)C3(C)C=C(N5c6ccccc6CCc6ccccc65)C=CC43)cc1)c1ccccc1CC2. The van der Waals surface area contributed by atoms with Crippen LogP contribution in [0.25, 0.3) is 12.2 Å². The minimum absolute atomic E-state index is 0.00253. The average Bonchev–Trinajstić information content (AvgIpc) is 3.72. The molecule has 11 rings (SSSR count). The second-order valence-electron chi connectivity index (χ2n) is 17.8. The molecule has 2 aliphatic heterocycles. The predicted molar refractivity (Wildman–Crippen MR) is 239 cm³/mol. The highest BCUT2D eigenvalue weighted by Gasteiger charge is 2.60. The molecule has 4 aliphatic carbocycles. The molecule has 2 heterocycles. The van der Waals surface area contributed by atoms with Crippen molar-refractivity contribution in [1.82, 2.24) is 0 Å². The van der Waals surface area contributed by atoms with Gasteiger partial charge in [0, 0.05) is 50.9 Å². The number of allylic oxidation sites excluding steroid dienone is 7. The first kappa shape index (κ1) is 34.6. The first-order valence-electron chi connectivity index (χ1n) is 21.6. The summed E-state index contributed by atoms with van der Waals surface area (Å²) in [5.41, 5.74) is 19.6. The van der Waals surface area contributed by atoms with Crippen LogP contribution in [0.5, 0.6) is 0 Å². The summed E-state index contributed by atoms with van der Waals surface area (Å²) in [6, 6.07) is 43.8. The molecule has 282 valence electrons. The minimum atomic E-state index is -0.00253. The topological polar surface area (TPSA) is 6.48 Å². The van der Waals surface area contributed by atoms with Gasteiger partial charge in [0.1, 0.15) is 0 Å². The fourth-order valence-corrected chi connectivity index (χ4v) is 11.8. The molecule has 0 N–H and O–H groups in total. The summed E-state index contributed by atoms with van der Waals surface area (Å²) < 4.78 is 0. The number of anilines is 4. The van der Waals surface area contributed by atoms with Gasteiger partial charge in [-0.25, -0.2) is 0 Å². The Bertz CT molecular complexity index is 2510. The molecule has 57 heavy (non-hydrogen) atoms. The predicted octanol–water partition coefficient (Wildman–Crippen LogP) is 14.1. The van der Waals surface area contributed by atoms with E-state index in [2.05, 4.69) is 181 Å². The molecule has 1 saturated carbocycles. The van der Waals surface area contributed by atoms with Gasteiger partial charge in [-0.2, -0.15) is 0 Å². The molecule has 3 atom stereocenters. The van der Waals surface area contributed by atoms with E-state index in [1.807, 2.05) is 0 Å². The number of rotatable bonds is 4. The van der Waals surface area contributed by atoms with Crippen molar-refractivity contribution in [3.8, 4) is 0 Å². The molecule has 0 amide bonds. The number of hydrogen-bond acceptors (Lipinski definition) is 2. The summed E-state index contributed by atoms with van der Waals surface area (Å²) in [6.45, 7) is 4.93. The van der Waals surface area contributed by atoms with Crippen LogP contribution in [0.15, 0.2) is 163 Å². The summed E-state index contributed by atoms with van der Waals surface area (Å²) in [6.07, 6.45) is 27.6. The smallest absolute Gasteiger partial charge is 0.0493 e. The van der Waals surface area contributed by atoms with Gasteiger partial charge in [0.2, 0.25) is 0 Å². The molecule has 2 nitrogen and oxygen atoms in total. The van der Waals surface area contributed by atoms with Crippen LogP contribution in [-0.2, 0) is 24.7 Å². The Balaban J connectivity index is 0.922. The van der Waals surface area contributed by atoms with Crippen LogP contribution in [0.1, 0.15) is 97.2 Å². The van der Waals surface area contributed by atoms with Crippen LogP contribution in [-0.4, -0.2) is 0 Å². The van der Waals surface area contributed by atoms with Crippen LogP contribution >= 0.6 is 0 Å². The van der Waals surface area contributed by atoms with Gasteiger partial charge in [-0.05, 0) is 132 Å². The molecular weight excluding hydrogens is 689 g/mol. The Morgan fingerprint density at radius 3 is 1.89 bits per heavy atom. The molecule has 5 aromatic rings. The lowest BCUT2D eigenvalue weighted by Gasteiger charge is -2.45. The van der Waals surface area contributed by atoms with Crippen molar-refractivity contribution in [3.05, 3.63) is 202 Å². The van der Waals surface area contributed by atoms with Gasteiger partial charge in [0.15, 0.2) is 0 Å². The molecular formula is C55H52N2. The second-order valence-corrected chi connectivity index (χ2v) is 17.8. The van der Waals surface area contributed by atoms with Crippen molar-refractivity contribution < 1.29 is 0 Å². The van der Waals surface area contributed by atoms with Crippen molar-refractivity contribution in [2.45, 2.75) is 83.0 Å². The van der Waals surface area contributed by atoms with E-state index in [0.29, 0.717) is 11.8 Å². The van der Waals surface area contributed by atoms with E-state index in [1.54, 1.807) is 5.56 Å². The summed E-state index contributed by atoms with van der Waals surface area (Å²) in [5, 5.41) is 0. The molecule has 5 aromatic carbocycles. The van der Waals surface area contributed by atoms with Gasteiger partial charge in [0.05, 0.1) is 0 Å². The summed E-state index contributed by atoms with van der Waals surface area (Å²) >= 11 is 0. The number of aryl methyl sites for hydroxylation is 3. The molecule has 2 heteroatoms. The fraction of sp³-hybridized carbons (Fsp3) is 0.273. The van der Waals surface area contributed by atoms with Crippen molar-refractivity contribution in [2.24, 2.45) is 11.3 Å². The van der Waals surface area contributed by atoms with Crippen LogP contribution in [0.2, 0.25) is 0 Å². The average molecular weight is 741 g/mol. The summed E-state index contributed by atoms with van der Waals surface area (Å²) in [7, 11) is 0. The van der Waals surface area contributed by atoms with E-state index >= 15 is 0 Å². The molecule has 1 fully saturated rings. The quantitative estimate of drug-likeness (QED) is 0.169. The Morgan fingerprint density at radius 1 is 0.614 bits per heavy atom. The number of para-hydroxylation sites is 3. The van der Waals surface area contributed by atoms with Crippen molar-refractivity contribution in [1.29, 1.82) is 0 Å². The largest absolute Gasteiger partial charge is 0.314 e. The van der Waals surface area contributed by atoms with E-state index in [9.17, 15) is 0 Å². The van der Waals surface area contributed by atoms with E-state index < -0.39 is 0 Å². The van der Waals surface area contributed by atoms with Gasteiger partial charge in [0.25, 0.3) is 0 Å². The highest BCUT2D eigenvalue weighted by Crippen LogP contribution is 2.68. The first-order valence-corrected chi connectivity index (χ1v) is 21.6. The van der Waals surface area contributed by atoms with Gasteiger partial charge in [-0.3, -0.25) is 0 Å². The third kappa shape index (κ3) is 5.51. The number of fused-ring (bicyclic) bond motifs is 8. The maximum Gasteiger partial charge on any atom is 0.0493 e. The zero-order chi connectivity index (χ0) is 38.1. The molecule has 0 radical (unpaired) electrons. The zero-order valence-corrected chi connectivity index (χ0v) is 33.4. The molecule has 6 aliphatic rings. The third-order valence-electron chi connectivity index (χ3n) is 14.7. The maximum absolute atomic E-state index is 2.70.